The molecule has 0 unspecified atom stereocenters. The smallest absolute Gasteiger partial charge is 0.195 e. The molecule has 2 atom stereocenters. The molecule has 0 amide bonds. The number of hydrogen-bond acceptors (Lipinski definition) is 4. The Morgan fingerprint density at radius 1 is 1.00 bits per heavy atom. The topological polar surface area (TPSA) is 33.7 Å². The Balaban J connectivity index is 1.44. The van der Waals surface area contributed by atoms with Gasteiger partial charge in [-0.15, -0.1) is 0 Å². The molecule has 0 aromatic heterocycles. The van der Waals surface area contributed by atoms with Crippen LogP contribution in [0.5, 0.6) is 11.5 Å². The maximum atomic E-state index is 13.5. The minimum atomic E-state index is -0.370. The number of nitrogens with one attached hydrogen (secondary N) is 1. The molecule has 158 valence electrons. The van der Waals surface area contributed by atoms with Crippen LogP contribution in [0, 0.1) is 5.82 Å². The lowest BCUT2D eigenvalue weighted by molar-refractivity contribution is -0.0326. The zero-order valence-corrected chi connectivity index (χ0v) is 17.4. The van der Waals surface area contributed by atoms with Gasteiger partial charge in [0.05, 0.1) is 18.3 Å². The third-order valence-electron chi connectivity index (χ3n) is 5.69. The number of ether oxygens (including phenoxy) is 2. The van der Waals surface area contributed by atoms with Crippen LogP contribution < -0.4 is 14.9 Å². The molecule has 1 N–H and O–H groups in total. The summed E-state index contributed by atoms with van der Waals surface area (Å²) in [6, 6.07) is 22.7. The van der Waals surface area contributed by atoms with Crippen LogP contribution in [0.3, 0.4) is 0 Å². The van der Waals surface area contributed by atoms with Crippen LogP contribution in [0.1, 0.15) is 48.7 Å². The minimum Gasteiger partial charge on any atom is -0.494 e. The standard InChI is InChI=1S/C26H25FN2O2/c1-2-3-16-30-21-14-10-18(11-15-21)23-17-24-22-6-4-5-7-25(22)31-26(29(24)28-23)19-8-12-20(27)13-9-19/h4-15,17,24,26,28H,2-3,16H2,1H3/t24-,26+/m0/s1. The highest BCUT2D eigenvalue weighted by Crippen LogP contribution is 2.45. The van der Waals surface area contributed by atoms with Crippen molar-refractivity contribution in [3.63, 3.8) is 0 Å². The van der Waals surface area contributed by atoms with Crippen molar-refractivity contribution in [2.45, 2.75) is 32.0 Å². The largest absolute Gasteiger partial charge is 0.494 e. The molecule has 0 fully saturated rings. The molecule has 5 rings (SSSR count). The first-order valence-corrected chi connectivity index (χ1v) is 10.7. The molecule has 2 aliphatic heterocycles. The molecule has 0 bridgehead atoms. The van der Waals surface area contributed by atoms with Crippen molar-refractivity contribution in [2.24, 2.45) is 0 Å². The van der Waals surface area contributed by atoms with Gasteiger partial charge in [0, 0.05) is 11.1 Å². The molecule has 2 heterocycles. The van der Waals surface area contributed by atoms with Gasteiger partial charge in [-0.05, 0) is 60.5 Å². The van der Waals surface area contributed by atoms with Gasteiger partial charge in [0.1, 0.15) is 17.3 Å². The summed E-state index contributed by atoms with van der Waals surface area (Å²) in [7, 11) is 0. The predicted octanol–water partition coefficient (Wildman–Crippen LogP) is 6.00. The monoisotopic (exact) mass is 416 g/mol. The van der Waals surface area contributed by atoms with Crippen LogP contribution in [0.2, 0.25) is 0 Å². The number of hydrogen-bond donors (Lipinski definition) is 1. The van der Waals surface area contributed by atoms with Gasteiger partial charge in [-0.25, -0.2) is 4.39 Å². The van der Waals surface area contributed by atoms with E-state index >= 15 is 0 Å². The molecule has 2 aliphatic rings. The second kappa shape index (κ2) is 8.44. The Bertz CT molecular complexity index is 1080. The number of halogens is 1. The summed E-state index contributed by atoms with van der Waals surface area (Å²) in [5.74, 6) is 1.47. The van der Waals surface area contributed by atoms with Crippen LogP contribution in [-0.2, 0) is 0 Å². The van der Waals surface area contributed by atoms with Gasteiger partial charge in [-0.3, -0.25) is 0 Å². The van der Waals surface area contributed by atoms with Crippen LogP contribution in [0.4, 0.5) is 4.39 Å². The zero-order valence-electron chi connectivity index (χ0n) is 17.4. The molecule has 0 radical (unpaired) electrons. The number of unbranched alkanes of at least 4 members (excludes halogenated alkanes) is 1. The molecule has 0 aliphatic carbocycles. The lowest BCUT2D eigenvalue weighted by atomic mass is 10.0. The van der Waals surface area contributed by atoms with Crippen LogP contribution in [0.25, 0.3) is 5.70 Å². The second-order valence-electron chi connectivity index (χ2n) is 7.83. The van der Waals surface area contributed by atoms with E-state index < -0.39 is 0 Å². The van der Waals surface area contributed by atoms with Gasteiger partial charge < -0.3 is 14.9 Å². The second-order valence-corrected chi connectivity index (χ2v) is 7.83. The van der Waals surface area contributed by atoms with E-state index in [2.05, 4.69) is 41.6 Å². The van der Waals surface area contributed by atoms with Crippen molar-refractivity contribution in [2.75, 3.05) is 6.61 Å². The normalized spacial score (nSPS) is 19.6. The predicted molar refractivity (Wildman–Crippen MR) is 119 cm³/mol. The lowest BCUT2D eigenvalue weighted by Gasteiger charge is -2.38. The number of hydrazine groups is 1. The third-order valence-corrected chi connectivity index (χ3v) is 5.69. The van der Waals surface area contributed by atoms with Crippen molar-refractivity contribution in [1.82, 2.24) is 10.4 Å². The van der Waals surface area contributed by atoms with Gasteiger partial charge in [0.2, 0.25) is 0 Å². The van der Waals surface area contributed by atoms with E-state index in [0.29, 0.717) is 0 Å². The van der Waals surface area contributed by atoms with Gasteiger partial charge in [-0.1, -0.05) is 43.7 Å². The fourth-order valence-electron chi connectivity index (χ4n) is 4.02. The maximum absolute atomic E-state index is 13.5. The van der Waals surface area contributed by atoms with Crippen molar-refractivity contribution < 1.29 is 13.9 Å². The Hall–Kier alpha value is -3.31. The van der Waals surface area contributed by atoms with Gasteiger partial charge in [0.15, 0.2) is 6.23 Å². The number of para-hydroxylation sites is 1. The Labute approximate surface area is 181 Å². The maximum Gasteiger partial charge on any atom is 0.195 e. The average Bonchev–Trinajstić information content (AvgIpc) is 3.26. The Kier molecular flexibility index (Phi) is 5.35. The average molecular weight is 416 g/mol. The van der Waals surface area contributed by atoms with E-state index in [1.807, 2.05) is 30.3 Å². The fourth-order valence-corrected chi connectivity index (χ4v) is 4.02. The third kappa shape index (κ3) is 3.89. The molecule has 0 spiro atoms. The van der Waals surface area contributed by atoms with E-state index in [1.54, 1.807) is 12.1 Å². The summed E-state index contributed by atoms with van der Waals surface area (Å²) in [4.78, 5) is 0. The summed E-state index contributed by atoms with van der Waals surface area (Å²) >= 11 is 0. The van der Waals surface area contributed by atoms with Gasteiger partial charge in [-0.2, -0.15) is 5.01 Å². The molecular formula is C26H25FN2O2. The lowest BCUT2D eigenvalue weighted by Crippen LogP contribution is -2.43. The van der Waals surface area contributed by atoms with Gasteiger partial charge in [0.25, 0.3) is 0 Å². The summed E-state index contributed by atoms with van der Waals surface area (Å²) in [6.45, 7) is 2.89. The van der Waals surface area contributed by atoms with E-state index in [-0.39, 0.29) is 18.1 Å². The Morgan fingerprint density at radius 2 is 1.77 bits per heavy atom. The minimum absolute atomic E-state index is 0.00971. The van der Waals surface area contributed by atoms with E-state index in [1.165, 1.54) is 12.1 Å². The van der Waals surface area contributed by atoms with Crippen LogP contribution in [0.15, 0.2) is 78.9 Å². The summed E-state index contributed by atoms with van der Waals surface area (Å²) in [5.41, 5.74) is 7.60. The summed E-state index contributed by atoms with van der Waals surface area (Å²) < 4.78 is 25.6. The molecule has 4 nitrogen and oxygen atoms in total. The quantitative estimate of drug-likeness (QED) is 0.500. The highest BCUT2D eigenvalue weighted by molar-refractivity contribution is 5.68. The first kappa shape index (κ1) is 19.6. The van der Waals surface area contributed by atoms with Crippen molar-refractivity contribution in [3.8, 4) is 11.5 Å². The van der Waals surface area contributed by atoms with Crippen LogP contribution >= 0.6 is 0 Å². The molecule has 0 saturated heterocycles. The highest BCUT2D eigenvalue weighted by Gasteiger charge is 2.39. The van der Waals surface area contributed by atoms with Crippen LogP contribution in [-0.4, -0.2) is 11.6 Å². The number of fused-ring (bicyclic) bond motifs is 3. The number of rotatable bonds is 6. The van der Waals surface area contributed by atoms with E-state index in [9.17, 15) is 4.39 Å². The van der Waals surface area contributed by atoms with Crippen molar-refractivity contribution in [3.05, 3.63) is 101 Å². The molecule has 0 saturated carbocycles. The van der Waals surface area contributed by atoms with Crippen molar-refractivity contribution >= 4 is 5.70 Å². The molecule has 31 heavy (non-hydrogen) atoms. The SMILES string of the molecule is CCCCOc1ccc(C2=C[C@H]3c4ccccc4O[C@H](c4ccc(F)cc4)N3N2)cc1. The first-order valence-electron chi connectivity index (χ1n) is 10.7. The fraction of sp³-hybridized carbons (Fsp3) is 0.231. The molecule has 5 heteroatoms. The van der Waals surface area contributed by atoms with E-state index in [0.717, 1.165) is 53.3 Å². The van der Waals surface area contributed by atoms with E-state index in [4.69, 9.17) is 9.47 Å². The number of benzene rings is 3. The molecular weight excluding hydrogens is 391 g/mol. The summed E-state index contributed by atoms with van der Waals surface area (Å²) in [5, 5.41) is 2.08. The zero-order chi connectivity index (χ0) is 21.2. The number of nitrogens with zero attached hydrogens (tertiary/aromatic N) is 1. The first-order chi connectivity index (χ1) is 15.2. The highest BCUT2D eigenvalue weighted by atomic mass is 19.1. The Morgan fingerprint density at radius 3 is 2.55 bits per heavy atom. The molecule has 3 aromatic carbocycles. The van der Waals surface area contributed by atoms with Crippen molar-refractivity contribution in [1.29, 1.82) is 0 Å². The summed E-state index contributed by atoms with van der Waals surface area (Å²) in [6.07, 6.45) is 4.01. The van der Waals surface area contributed by atoms with Gasteiger partial charge >= 0.3 is 0 Å². The molecule has 3 aromatic rings.